The highest BCUT2D eigenvalue weighted by Crippen LogP contribution is 2.26. The van der Waals surface area contributed by atoms with Crippen LogP contribution in [0.25, 0.3) is 0 Å². The molecule has 1 aliphatic rings. The minimum absolute atomic E-state index is 0.361. The van der Waals surface area contributed by atoms with Gasteiger partial charge in [0.25, 0.3) is 11.8 Å². The standard InChI is InChI=1S/C26H40N2O3/c1-2-3-4-5-6-7-8-9-10-11-12-13-14-15-20-23(24(27)29)28-25(30)21-18-16-17-19-22(21)26(28)31/h16-19,23H,2-15,20H2,1H3,(H2,27,29). The molecule has 31 heavy (non-hydrogen) atoms. The summed E-state index contributed by atoms with van der Waals surface area (Å²) in [7, 11) is 0. The van der Waals surface area contributed by atoms with Crippen LogP contribution >= 0.6 is 0 Å². The largest absolute Gasteiger partial charge is 0.368 e. The summed E-state index contributed by atoms with van der Waals surface area (Å²) in [6.45, 7) is 2.25. The number of fused-ring (bicyclic) bond motifs is 1. The van der Waals surface area contributed by atoms with Gasteiger partial charge in [-0.1, -0.05) is 109 Å². The van der Waals surface area contributed by atoms with Gasteiger partial charge in [-0.3, -0.25) is 19.3 Å². The van der Waals surface area contributed by atoms with Crippen molar-refractivity contribution in [3.05, 3.63) is 35.4 Å². The second kappa shape index (κ2) is 14.0. The van der Waals surface area contributed by atoms with E-state index in [0.29, 0.717) is 17.5 Å². The normalized spacial score (nSPS) is 14.2. The second-order valence-electron chi connectivity index (χ2n) is 8.83. The van der Waals surface area contributed by atoms with Crippen molar-refractivity contribution >= 4 is 17.7 Å². The van der Waals surface area contributed by atoms with E-state index in [9.17, 15) is 14.4 Å². The lowest BCUT2D eigenvalue weighted by molar-refractivity contribution is -0.122. The Morgan fingerprint density at radius 2 is 1.13 bits per heavy atom. The number of carbonyl (C=O) groups excluding carboxylic acids is 3. The number of primary amides is 1. The van der Waals surface area contributed by atoms with Crippen LogP contribution in [0.5, 0.6) is 0 Å². The number of nitrogens with two attached hydrogens (primary N) is 1. The quantitative estimate of drug-likeness (QED) is 0.244. The van der Waals surface area contributed by atoms with E-state index in [1.807, 2.05) is 0 Å². The molecule has 1 aliphatic heterocycles. The Morgan fingerprint density at radius 1 is 0.742 bits per heavy atom. The van der Waals surface area contributed by atoms with Gasteiger partial charge in [0.1, 0.15) is 6.04 Å². The van der Waals surface area contributed by atoms with Crippen molar-refractivity contribution < 1.29 is 14.4 Å². The van der Waals surface area contributed by atoms with Gasteiger partial charge in [-0.15, -0.1) is 0 Å². The average molecular weight is 429 g/mol. The fraction of sp³-hybridized carbons (Fsp3) is 0.654. The maximum absolute atomic E-state index is 12.6. The summed E-state index contributed by atoms with van der Waals surface area (Å²) >= 11 is 0. The lowest BCUT2D eigenvalue weighted by Crippen LogP contribution is -2.47. The summed E-state index contributed by atoms with van der Waals surface area (Å²) in [5, 5.41) is 0. The fourth-order valence-electron chi connectivity index (χ4n) is 4.42. The van der Waals surface area contributed by atoms with Crippen LogP contribution < -0.4 is 5.73 Å². The molecule has 2 rings (SSSR count). The van der Waals surface area contributed by atoms with Crippen LogP contribution in [0.3, 0.4) is 0 Å². The fourth-order valence-corrected chi connectivity index (χ4v) is 4.42. The molecule has 0 saturated heterocycles. The van der Waals surface area contributed by atoms with Gasteiger partial charge < -0.3 is 5.73 Å². The summed E-state index contributed by atoms with van der Waals surface area (Å²) in [5.41, 5.74) is 6.27. The minimum Gasteiger partial charge on any atom is -0.368 e. The van der Waals surface area contributed by atoms with E-state index < -0.39 is 23.8 Å². The van der Waals surface area contributed by atoms with Crippen molar-refractivity contribution in [2.45, 2.75) is 109 Å². The molecule has 0 bridgehead atoms. The third-order valence-electron chi connectivity index (χ3n) is 6.30. The van der Waals surface area contributed by atoms with Gasteiger partial charge in [0.15, 0.2) is 0 Å². The predicted octanol–water partition coefficient (Wildman–Crippen LogP) is 6.01. The van der Waals surface area contributed by atoms with Gasteiger partial charge in [-0.2, -0.15) is 0 Å². The third kappa shape index (κ3) is 7.79. The minimum atomic E-state index is -0.857. The summed E-state index contributed by atoms with van der Waals surface area (Å²) in [6, 6.07) is 5.84. The molecule has 0 aromatic heterocycles. The van der Waals surface area contributed by atoms with Gasteiger partial charge in [0.05, 0.1) is 11.1 Å². The first kappa shape index (κ1) is 25.1. The Hall–Kier alpha value is -2.17. The number of imide groups is 1. The Labute approximate surface area is 187 Å². The Bertz CT molecular complexity index is 681. The monoisotopic (exact) mass is 428 g/mol. The molecule has 0 spiro atoms. The topological polar surface area (TPSA) is 80.5 Å². The molecule has 0 saturated carbocycles. The summed E-state index contributed by atoms with van der Waals surface area (Å²) < 4.78 is 0. The van der Waals surface area contributed by atoms with Crippen LogP contribution in [0.4, 0.5) is 0 Å². The Balaban J connectivity index is 1.57. The molecule has 172 valence electrons. The van der Waals surface area contributed by atoms with Gasteiger partial charge in [-0.05, 0) is 18.6 Å². The van der Waals surface area contributed by atoms with E-state index in [1.165, 1.54) is 70.6 Å². The molecule has 0 aliphatic carbocycles. The first-order valence-electron chi connectivity index (χ1n) is 12.3. The van der Waals surface area contributed by atoms with Gasteiger partial charge in [0, 0.05) is 0 Å². The first-order chi connectivity index (χ1) is 15.1. The number of rotatable bonds is 17. The summed E-state index contributed by atoms with van der Waals surface area (Å²) in [4.78, 5) is 38.2. The van der Waals surface area contributed by atoms with Crippen LogP contribution in [0, 0.1) is 0 Å². The molecule has 3 amide bonds. The predicted molar refractivity (Wildman–Crippen MR) is 125 cm³/mol. The smallest absolute Gasteiger partial charge is 0.262 e. The maximum atomic E-state index is 12.6. The number of hydrogen-bond donors (Lipinski definition) is 1. The zero-order valence-electron chi connectivity index (χ0n) is 19.2. The molecule has 5 heteroatoms. The van der Waals surface area contributed by atoms with E-state index in [1.54, 1.807) is 24.3 Å². The van der Waals surface area contributed by atoms with Gasteiger partial charge >= 0.3 is 0 Å². The van der Waals surface area contributed by atoms with Crippen LogP contribution in [0.15, 0.2) is 24.3 Å². The molecule has 0 fully saturated rings. The number of hydrogen-bond acceptors (Lipinski definition) is 3. The molecule has 2 N–H and O–H groups in total. The first-order valence-corrected chi connectivity index (χ1v) is 12.3. The lowest BCUT2D eigenvalue weighted by atomic mass is 10.0. The number of nitrogens with zero attached hydrogens (tertiary/aromatic N) is 1. The Kier molecular flexibility index (Phi) is 11.3. The van der Waals surface area contributed by atoms with Gasteiger partial charge in [0.2, 0.25) is 5.91 Å². The van der Waals surface area contributed by atoms with Crippen LogP contribution in [-0.4, -0.2) is 28.7 Å². The van der Waals surface area contributed by atoms with Crippen LogP contribution in [-0.2, 0) is 4.79 Å². The molecule has 0 radical (unpaired) electrons. The third-order valence-corrected chi connectivity index (χ3v) is 6.30. The van der Waals surface area contributed by atoms with Gasteiger partial charge in [-0.25, -0.2) is 0 Å². The maximum Gasteiger partial charge on any atom is 0.262 e. The zero-order valence-corrected chi connectivity index (χ0v) is 19.2. The average Bonchev–Trinajstić information content (AvgIpc) is 3.01. The summed E-state index contributed by atoms with van der Waals surface area (Å²) in [6.07, 6.45) is 18.0. The Morgan fingerprint density at radius 3 is 1.52 bits per heavy atom. The number of unbranched alkanes of at least 4 members (excludes halogenated alkanes) is 13. The second-order valence-corrected chi connectivity index (χ2v) is 8.83. The number of amides is 3. The van der Waals surface area contributed by atoms with Crippen molar-refractivity contribution in [2.75, 3.05) is 0 Å². The molecular weight excluding hydrogens is 388 g/mol. The molecule has 1 atom stereocenters. The van der Waals surface area contributed by atoms with Crippen molar-refractivity contribution in [2.24, 2.45) is 5.73 Å². The number of benzene rings is 1. The lowest BCUT2D eigenvalue weighted by Gasteiger charge is -2.23. The number of carbonyl (C=O) groups is 3. The molecular formula is C26H40N2O3. The van der Waals surface area contributed by atoms with Crippen molar-refractivity contribution in [1.29, 1.82) is 0 Å². The van der Waals surface area contributed by atoms with Crippen molar-refractivity contribution in [3.63, 3.8) is 0 Å². The van der Waals surface area contributed by atoms with E-state index >= 15 is 0 Å². The molecule has 1 aromatic rings. The van der Waals surface area contributed by atoms with E-state index in [-0.39, 0.29) is 0 Å². The van der Waals surface area contributed by atoms with Crippen LogP contribution in [0.1, 0.15) is 124 Å². The van der Waals surface area contributed by atoms with E-state index in [0.717, 1.165) is 24.2 Å². The van der Waals surface area contributed by atoms with Crippen LogP contribution in [0.2, 0.25) is 0 Å². The van der Waals surface area contributed by atoms with E-state index in [2.05, 4.69) is 6.92 Å². The highest BCUT2D eigenvalue weighted by molar-refractivity contribution is 6.22. The zero-order chi connectivity index (χ0) is 22.5. The van der Waals surface area contributed by atoms with Crippen molar-refractivity contribution in [3.8, 4) is 0 Å². The highest BCUT2D eigenvalue weighted by atomic mass is 16.2. The molecule has 1 aromatic carbocycles. The van der Waals surface area contributed by atoms with Crippen molar-refractivity contribution in [1.82, 2.24) is 4.90 Å². The molecule has 1 heterocycles. The highest BCUT2D eigenvalue weighted by Gasteiger charge is 2.41. The van der Waals surface area contributed by atoms with E-state index in [4.69, 9.17) is 5.73 Å². The summed E-state index contributed by atoms with van der Waals surface area (Å²) in [5.74, 6) is -1.42. The molecule has 1 unspecified atom stereocenters. The SMILES string of the molecule is CCCCCCCCCCCCCCCCC(C(N)=O)N1C(=O)c2ccccc2C1=O. The molecule has 5 nitrogen and oxygen atoms in total.